The third-order valence-electron chi connectivity index (χ3n) is 3.10. The van der Waals surface area contributed by atoms with E-state index >= 15 is 0 Å². The molecule has 1 aromatic heterocycles. The van der Waals surface area contributed by atoms with Gasteiger partial charge in [0.1, 0.15) is 11.3 Å². The Morgan fingerprint density at radius 1 is 1.27 bits per heavy atom. The van der Waals surface area contributed by atoms with Gasteiger partial charge in [0, 0.05) is 23.1 Å². The summed E-state index contributed by atoms with van der Waals surface area (Å²) in [5.41, 5.74) is 0.574. The van der Waals surface area contributed by atoms with Crippen molar-refractivity contribution in [1.29, 1.82) is 0 Å². The zero-order chi connectivity index (χ0) is 16.5. The number of carbonyl (C=O) groups is 1. The fourth-order valence-electron chi connectivity index (χ4n) is 2.11. The molecule has 5 heteroatoms. The number of rotatable bonds is 3. The third kappa shape index (κ3) is 3.87. The van der Waals surface area contributed by atoms with Crippen LogP contribution in [-0.2, 0) is 4.79 Å². The summed E-state index contributed by atoms with van der Waals surface area (Å²) >= 11 is 0. The first-order valence-electron chi connectivity index (χ1n) is 7.19. The van der Waals surface area contributed by atoms with Crippen LogP contribution in [0.2, 0.25) is 0 Å². The van der Waals surface area contributed by atoms with Gasteiger partial charge in [-0.05, 0) is 52.3 Å². The van der Waals surface area contributed by atoms with Gasteiger partial charge in [-0.15, -0.1) is 0 Å². The van der Waals surface area contributed by atoms with Gasteiger partial charge in [-0.25, -0.2) is 4.79 Å². The van der Waals surface area contributed by atoms with Crippen LogP contribution in [0.4, 0.5) is 0 Å². The van der Waals surface area contributed by atoms with Gasteiger partial charge in [0.2, 0.25) is 0 Å². The van der Waals surface area contributed by atoms with Crippen LogP contribution in [0, 0.1) is 6.92 Å². The molecule has 0 saturated heterocycles. The lowest BCUT2D eigenvalue weighted by Crippen LogP contribution is -2.46. The Balaban J connectivity index is 2.21. The maximum atomic E-state index is 12.0. The van der Waals surface area contributed by atoms with Crippen molar-refractivity contribution in [3.8, 4) is 5.75 Å². The van der Waals surface area contributed by atoms with Crippen molar-refractivity contribution in [2.24, 2.45) is 0 Å². The van der Waals surface area contributed by atoms with Gasteiger partial charge in [0.05, 0.1) is 0 Å². The fraction of sp³-hybridized carbons (Fsp3) is 0.412. The summed E-state index contributed by atoms with van der Waals surface area (Å²) in [5.74, 6) is 0.288. The van der Waals surface area contributed by atoms with Crippen LogP contribution in [0.5, 0.6) is 5.75 Å². The zero-order valence-electron chi connectivity index (χ0n) is 13.5. The number of ether oxygens (including phenoxy) is 1. The molecule has 0 bridgehead atoms. The summed E-state index contributed by atoms with van der Waals surface area (Å²) in [6, 6.07) is 6.65. The van der Waals surface area contributed by atoms with Crippen LogP contribution in [-0.4, -0.2) is 17.6 Å². The second-order valence-corrected chi connectivity index (χ2v) is 6.41. The van der Waals surface area contributed by atoms with Gasteiger partial charge >= 0.3 is 5.63 Å². The standard InChI is InChI=1S/C17H21NO4/c1-10-8-15(19)22-14-9-12(6-7-13(10)14)21-11(2)16(20)18-17(3,4)5/h6-9,11H,1-5H3,(H,18,20)/t11-/m1/s1. The molecule has 0 spiro atoms. The molecule has 0 unspecified atom stereocenters. The highest BCUT2D eigenvalue weighted by Crippen LogP contribution is 2.23. The Morgan fingerprint density at radius 3 is 2.59 bits per heavy atom. The lowest BCUT2D eigenvalue weighted by Gasteiger charge is -2.23. The maximum Gasteiger partial charge on any atom is 0.336 e. The van der Waals surface area contributed by atoms with Crippen LogP contribution in [0.3, 0.4) is 0 Å². The fourth-order valence-corrected chi connectivity index (χ4v) is 2.11. The van der Waals surface area contributed by atoms with Crippen LogP contribution in [0.15, 0.2) is 33.5 Å². The molecule has 1 amide bonds. The number of carbonyl (C=O) groups excluding carboxylic acids is 1. The molecule has 22 heavy (non-hydrogen) atoms. The second kappa shape index (κ2) is 5.83. The van der Waals surface area contributed by atoms with Crippen LogP contribution >= 0.6 is 0 Å². The van der Waals surface area contributed by atoms with E-state index in [9.17, 15) is 9.59 Å². The van der Waals surface area contributed by atoms with Gasteiger partial charge in [-0.3, -0.25) is 4.79 Å². The Labute approximate surface area is 129 Å². The van der Waals surface area contributed by atoms with Crippen molar-refractivity contribution in [2.75, 3.05) is 0 Å². The van der Waals surface area contributed by atoms with E-state index in [-0.39, 0.29) is 11.4 Å². The summed E-state index contributed by atoms with van der Waals surface area (Å²) < 4.78 is 10.8. The normalized spacial score (nSPS) is 13.0. The second-order valence-electron chi connectivity index (χ2n) is 6.41. The monoisotopic (exact) mass is 303 g/mol. The highest BCUT2D eigenvalue weighted by atomic mass is 16.5. The van der Waals surface area contributed by atoms with Crippen molar-refractivity contribution < 1.29 is 13.9 Å². The molecule has 0 radical (unpaired) electrons. The molecule has 5 nitrogen and oxygen atoms in total. The van der Waals surface area contributed by atoms with E-state index in [1.54, 1.807) is 19.1 Å². The first-order chi connectivity index (χ1) is 10.2. The molecule has 0 aliphatic rings. The van der Waals surface area contributed by atoms with Gasteiger partial charge < -0.3 is 14.5 Å². The number of benzene rings is 1. The Bertz CT molecular complexity index is 755. The molecule has 1 heterocycles. The maximum absolute atomic E-state index is 12.0. The number of hydrogen-bond acceptors (Lipinski definition) is 4. The smallest absolute Gasteiger partial charge is 0.336 e. The van der Waals surface area contributed by atoms with Crippen molar-refractivity contribution >= 4 is 16.9 Å². The van der Waals surface area contributed by atoms with Gasteiger partial charge in [0.25, 0.3) is 5.91 Å². The molecule has 1 atom stereocenters. The minimum Gasteiger partial charge on any atom is -0.481 e. The lowest BCUT2D eigenvalue weighted by atomic mass is 10.1. The Kier molecular flexibility index (Phi) is 4.26. The quantitative estimate of drug-likeness (QED) is 0.885. The van der Waals surface area contributed by atoms with Gasteiger partial charge in [-0.2, -0.15) is 0 Å². The van der Waals surface area contributed by atoms with E-state index in [4.69, 9.17) is 9.15 Å². The van der Waals surface area contributed by atoms with E-state index in [1.165, 1.54) is 6.07 Å². The first-order valence-corrected chi connectivity index (χ1v) is 7.19. The Hall–Kier alpha value is -2.30. The van der Waals surface area contributed by atoms with Gasteiger partial charge in [-0.1, -0.05) is 0 Å². The van der Waals surface area contributed by atoms with Crippen LogP contribution in [0.25, 0.3) is 11.0 Å². The molecule has 0 saturated carbocycles. The summed E-state index contributed by atoms with van der Waals surface area (Å²) in [4.78, 5) is 23.5. The first kappa shape index (κ1) is 16.1. The predicted octanol–water partition coefficient (Wildman–Crippen LogP) is 2.78. The molecule has 1 aromatic carbocycles. The molecule has 0 fully saturated rings. The molecule has 0 aliphatic carbocycles. The van der Waals surface area contributed by atoms with E-state index in [0.717, 1.165) is 10.9 Å². The summed E-state index contributed by atoms with van der Waals surface area (Å²) in [5, 5.41) is 3.70. The molecule has 0 aliphatic heterocycles. The van der Waals surface area contributed by atoms with Crippen molar-refractivity contribution in [3.05, 3.63) is 40.2 Å². The number of hydrogen-bond donors (Lipinski definition) is 1. The van der Waals surface area contributed by atoms with Crippen molar-refractivity contribution in [1.82, 2.24) is 5.32 Å². The molecule has 2 aromatic rings. The summed E-state index contributed by atoms with van der Waals surface area (Å²) in [6.07, 6.45) is -0.645. The molecular weight excluding hydrogens is 282 g/mol. The average Bonchev–Trinajstić information content (AvgIpc) is 2.35. The van der Waals surface area contributed by atoms with Gasteiger partial charge in [0.15, 0.2) is 6.10 Å². The minimum atomic E-state index is -0.645. The third-order valence-corrected chi connectivity index (χ3v) is 3.10. The van der Waals surface area contributed by atoms with Crippen molar-refractivity contribution in [2.45, 2.75) is 46.3 Å². The van der Waals surface area contributed by atoms with Crippen LogP contribution in [0.1, 0.15) is 33.3 Å². The highest BCUT2D eigenvalue weighted by Gasteiger charge is 2.20. The van der Waals surface area contributed by atoms with E-state index in [2.05, 4.69) is 5.32 Å². The predicted molar refractivity (Wildman–Crippen MR) is 85.2 cm³/mol. The lowest BCUT2D eigenvalue weighted by molar-refractivity contribution is -0.128. The molecule has 1 N–H and O–H groups in total. The molecule has 118 valence electrons. The molecular formula is C17H21NO4. The number of nitrogens with one attached hydrogen (secondary N) is 1. The van der Waals surface area contributed by atoms with E-state index in [1.807, 2.05) is 33.8 Å². The summed E-state index contributed by atoms with van der Waals surface area (Å²) in [7, 11) is 0. The SMILES string of the molecule is Cc1cc(=O)oc2cc(O[C@H](C)C(=O)NC(C)(C)C)ccc12. The molecule has 2 rings (SSSR count). The van der Waals surface area contributed by atoms with Crippen molar-refractivity contribution in [3.63, 3.8) is 0 Å². The zero-order valence-corrected chi connectivity index (χ0v) is 13.5. The number of fused-ring (bicyclic) bond motifs is 1. The summed E-state index contributed by atoms with van der Waals surface area (Å²) in [6.45, 7) is 9.25. The minimum absolute atomic E-state index is 0.196. The average molecular weight is 303 g/mol. The van der Waals surface area contributed by atoms with E-state index in [0.29, 0.717) is 11.3 Å². The largest absolute Gasteiger partial charge is 0.481 e. The Morgan fingerprint density at radius 2 is 1.95 bits per heavy atom. The number of aryl methyl sites for hydroxylation is 1. The number of amides is 1. The van der Waals surface area contributed by atoms with E-state index < -0.39 is 11.7 Å². The van der Waals surface area contributed by atoms with Crippen LogP contribution < -0.4 is 15.7 Å². The topological polar surface area (TPSA) is 68.5 Å². The highest BCUT2D eigenvalue weighted by molar-refractivity contribution is 5.83.